The van der Waals surface area contributed by atoms with Crippen LogP contribution in [0.2, 0.25) is 0 Å². The number of hydrogen-bond donors (Lipinski definition) is 0. The van der Waals surface area contributed by atoms with Crippen LogP contribution in [0.15, 0.2) is 0 Å². The average Bonchev–Trinajstić information content (AvgIpc) is 2.43. The molecular weight excluding hydrogens is 164 g/mol. The lowest BCUT2D eigenvalue weighted by atomic mass is 9.72. The summed E-state index contributed by atoms with van der Waals surface area (Å²) in [6.45, 7) is 6.62. The van der Waals surface area contributed by atoms with Gasteiger partial charge in [0.05, 0.1) is 13.0 Å². The highest BCUT2D eigenvalue weighted by Crippen LogP contribution is 2.50. The Balaban J connectivity index is 2.81. The average molecular weight is 184 g/mol. The topological polar surface area (TPSA) is 26.3 Å². The first-order chi connectivity index (χ1) is 6.06. The zero-order chi connectivity index (χ0) is 10.1. The molecule has 1 rings (SSSR count). The Morgan fingerprint density at radius 2 is 2.15 bits per heavy atom. The quantitative estimate of drug-likeness (QED) is 0.617. The number of esters is 1. The molecule has 2 heteroatoms. The van der Waals surface area contributed by atoms with Crippen LogP contribution in [0.4, 0.5) is 0 Å². The molecule has 0 saturated heterocycles. The van der Waals surface area contributed by atoms with E-state index in [1.807, 2.05) is 0 Å². The van der Waals surface area contributed by atoms with Gasteiger partial charge >= 0.3 is 5.97 Å². The Morgan fingerprint density at radius 3 is 2.62 bits per heavy atom. The number of carbonyl (C=O) groups excluding carboxylic acids is 1. The van der Waals surface area contributed by atoms with Crippen molar-refractivity contribution in [1.29, 1.82) is 0 Å². The van der Waals surface area contributed by atoms with Crippen molar-refractivity contribution in [1.82, 2.24) is 0 Å². The van der Waals surface area contributed by atoms with Crippen LogP contribution in [0.3, 0.4) is 0 Å². The molecule has 13 heavy (non-hydrogen) atoms. The van der Waals surface area contributed by atoms with Gasteiger partial charge in [-0.3, -0.25) is 4.79 Å². The van der Waals surface area contributed by atoms with E-state index in [-0.39, 0.29) is 17.3 Å². The Kier molecular flexibility index (Phi) is 2.99. The molecule has 2 nitrogen and oxygen atoms in total. The summed E-state index contributed by atoms with van der Waals surface area (Å²) >= 11 is 0. The van der Waals surface area contributed by atoms with Gasteiger partial charge < -0.3 is 4.74 Å². The molecule has 1 aliphatic carbocycles. The minimum atomic E-state index is -0.0197. The van der Waals surface area contributed by atoms with Crippen LogP contribution in [0.25, 0.3) is 0 Å². The van der Waals surface area contributed by atoms with E-state index >= 15 is 0 Å². The maximum atomic E-state index is 11.5. The molecule has 0 aliphatic heterocycles. The summed E-state index contributed by atoms with van der Waals surface area (Å²) in [5.41, 5.74) is 0.160. The van der Waals surface area contributed by atoms with Gasteiger partial charge in [-0.2, -0.15) is 0 Å². The smallest absolute Gasteiger partial charge is 0.309 e. The largest absolute Gasteiger partial charge is 0.469 e. The highest BCUT2D eigenvalue weighted by Gasteiger charge is 2.47. The Hall–Kier alpha value is -0.530. The van der Waals surface area contributed by atoms with Crippen molar-refractivity contribution in [3.05, 3.63) is 0 Å². The molecule has 0 aromatic carbocycles. The summed E-state index contributed by atoms with van der Waals surface area (Å²) in [5.74, 6) is 0.743. The van der Waals surface area contributed by atoms with E-state index in [4.69, 9.17) is 4.74 Å². The van der Waals surface area contributed by atoms with Crippen molar-refractivity contribution in [2.24, 2.45) is 17.3 Å². The molecule has 0 aromatic rings. The molecule has 1 saturated carbocycles. The lowest BCUT2D eigenvalue weighted by Gasteiger charge is -2.32. The van der Waals surface area contributed by atoms with Crippen LogP contribution in [0.5, 0.6) is 0 Å². The number of carbonyl (C=O) groups is 1. The first-order valence-corrected chi connectivity index (χ1v) is 5.14. The molecule has 76 valence electrons. The first-order valence-electron chi connectivity index (χ1n) is 5.14. The minimum absolute atomic E-state index is 0.0197. The fourth-order valence-electron chi connectivity index (χ4n) is 2.54. The maximum absolute atomic E-state index is 11.5. The SMILES string of the molecule is CC[C@@]1(C)[C@H](C)CC[C@@H]1C(=O)OC. The molecule has 0 unspecified atom stereocenters. The maximum Gasteiger partial charge on any atom is 0.309 e. The number of methoxy groups -OCH3 is 1. The molecule has 3 atom stereocenters. The van der Waals surface area contributed by atoms with Gasteiger partial charge in [0.1, 0.15) is 0 Å². The molecule has 1 aliphatic rings. The minimum Gasteiger partial charge on any atom is -0.469 e. The second-order valence-corrected chi connectivity index (χ2v) is 4.41. The predicted molar refractivity (Wildman–Crippen MR) is 52.3 cm³/mol. The van der Waals surface area contributed by atoms with Gasteiger partial charge in [0.2, 0.25) is 0 Å². The Labute approximate surface area is 80.7 Å². The van der Waals surface area contributed by atoms with Gasteiger partial charge in [-0.15, -0.1) is 0 Å². The summed E-state index contributed by atoms with van der Waals surface area (Å²) in [6.07, 6.45) is 3.22. The summed E-state index contributed by atoms with van der Waals surface area (Å²) in [6, 6.07) is 0. The third-order valence-corrected chi connectivity index (χ3v) is 4.06. The van der Waals surface area contributed by atoms with Crippen molar-refractivity contribution in [2.45, 2.75) is 40.0 Å². The molecule has 0 N–H and O–H groups in total. The van der Waals surface area contributed by atoms with Crippen LogP contribution < -0.4 is 0 Å². The van der Waals surface area contributed by atoms with E-state index in [1.54, 1.807) is 0 Å². The molecule has 0 heterocycles. The second-order valence-electron chi connectivity index (χ2n) is 4.41. The van der Waals surface area contributed by atoms with E-state index < -0.39 is 0 Å². The van der Waals surface area contributed by atoms with Crippen LogP contribution in [-0.2, 0) is 9.53 Å². The van der Waals surface area contributed by atoms with Gasteiger partial charge in [0.25, 0.3) is 0 Å². The van der Waals surface area contributed by atoms with Crippen LogP contribution in [0.1, 0.15) is 40.0 Å². The van der Waals surface area contributed by atoms with Crippen molar-refractivity contribution in [3.63, 3.8) is 0 Å². The van der Waals surface area contributed by atoms with Gasteiger partial charge in [-0.05, 0) is 30.6 Å². The van der Waals surface area contributed by atoms with Gasteiger partial charge in [0, 0.05) is 0 Å². The third-order valence-electron chi connectivity index (χ3n) is 4.06. The fourth-order valence-corrected chi connectivity index (χ4v) is 2.54. The Morgan fingerprint density at radius 1 is 1.54 bits per heavy atom. The molecule has 0 bridgehead atoms. The highest BCUT2D eigenvalue weighted by atomic mass is 16.5. The second kappa shape index (κ2) is 3.69. The number of rotatable bonds is 2. The van der Waals surface area contributed by atoms with Crippen LogP contribution in [-0.4, -0.2) is 13.1 Å². The summed E-state index contributed by atoms with van der Waals surface area (Å²) in [7, 11) is 1.49. The summed E-state index contributed by atoms with van der Waals surface area (Å²) in [4.78, 5) is 11.5. The van der Waals surface area contributed by atoms with Crippen molar-refractivity contribution < 1.29 is 9.53 Å². The number of hydrogen-bond acceptors (Lipinski definition) is 2. The van der Waals surface area contributed by atoms with Crippen molar-refractivity contribution in [3.8, 4) is 0 Å². The molecule has 0 amide bonds. The van der Waals surface area contributed by atoms with E-state index in [1.165, 1.54) is 7.11 Å². The monoisotopic (exact) mass is 184 g/mol. The third kappa shape index (κ3) is 1.59. The summed E-state index contributed by atoms with van der Waals surface area (Å²) < 4.78 is 4.84. The van der Waals surface area contributed by atoms with Gasteiger partial charge in [0.15, 0.2) is 0 Å². The van der Waals surface area contributed by atoms with Gasteiger partial charge in [-0.25, -0.2) is 0 Å². The van der Waals surface area contributed by atoms with E-state index in [0.717, 1.165) is 19.3 Å². The zero-order valence-electron chi connectivity index (χ0n) is 9.09. The molecule has 1 fully saturated rings. The molecule has 0 aromatic heterocycles. The van der Waals surface area contributed by atoms with Crippen molar-refractivity contribution in [2.75, 3.05) is 7.11 Å². The zero-order valence-corrected chi connectivity index (χ0v) is 9.09. The molecule has 0 spiro atoms. The van der Waals surface area contributed by atoms with Crippen molar-refractivity contribution >= 4 is 5.97 Å². The lowest BCUT2D eigenvalue weighted by Crippen LogP contribution is -2.32. The van der Waals surface area contributed by atoms with Crippen LogP contribution >= 0.6 is 0 Å². The van der Waals surface area contributed by atoms with Crippen LogP contribution in [0, 0.1) is 17.3 Å². The van der Waals surface area contributed by atoms with E-state index in [9.17, 15) is 4.79 Å². The summed E-state index contributed by atoms with van der Waals surface area (Å²) in [5, 5.41) is 0. The highest BCUT2D eigenvalue weighted by molar-refractivity contribution is 5.73. The van der Waals surface area contributed by atoms with E-state index in [0.29, 0.717) is 5.92 Å². The molecule has 0 radical (unpaired) electrons. The van der Waals surface area contributed by atoms with Gasteiger partial charge in [-0.1, -0.05) is 20.8 Å². The predicted octanol–water partition coefficient (Wildman–Crippen LogP) is 2.62. The lowest BCUT2D eigenvalue weighted by molar-refractivity contribution is -0.149. The first kappa shape index (κ1) is 10.6. The van der Waals surface area contributed by atoms with E-state index in [2.05, 4.69) is 20.8 Å². The normalized spacial score (nSPS) is 39.1. The number of ether oxygens (including phenoxy) is 1. The fraction of sp³-hybridized carbons (Fsp3) is 0.909. The Bertz CT molecular complexity index is 200. The molecular formula is C11H20O2. The standard InChI is InChI=1S/C11H20O2/c1-5-11(3)8(2)6-7-9(11)10(12)13-4/h8-9H,5-7H2,1-4H3/t8-,9-,11+/m1/s1.